The topological polar surface area (TPSA) is 37.0 Å². The molecule has 0 aromatic heterocycles. The molecule has 0 saturated carbocycles. The molecule has 1 saturated heterocycles. The van der Waals surface area contributed by atoms with Crippen molar-refractivity contribution in [1.82, 2.24) is 9.80 Å². The SMILES string of the molecule is COc1ccc(OC)c(CN2CCN(C(=S)Nc3cc(C)cc(C)c3)CC2)c1. The Kier molecular flexibility index (Phi) is 6.75. The van der Waals surface area contributed by atoms with Gasteiger partial charge in [0.15, 0.2) is 5.11 Å². The minimum absolute atomic E-state index is 0.795. The van der Waals surface area contributed by atoms with Crippen LogP contribution >= 0.6 is 12.2 Å². The molecule has 0 spiro atoms. The van der Waals surface area contributed by atoms with Gasteiger partial charge in [0.05, 0.1) is 14.2 Å². The number of benzene rings is 2. The maximum absolute atomic E-state index is 5.64. The number of piperazine rings is 1. The van der Waals surface area contributed by atoms with Gasteiger partial charge in [-0.15, -0.1) is 0 Å². The van der Waals surface area contributed by atoms with E-state index in [1.54, 1.807) is 14.2 Å². The number of anilines is 1. The number of aryl methyl sites for hydroxylation is 2. The Bertz CT molecular complexity index is 812. The smallest absolute Gasteiger partial charge is 0.173 e. The standard InChI is InChI=1S/C22H29N3O2S/c1-16-11-17(2)13-19(12-16)23-22(28)25-9-7-24(8-10-25)15-18-14-20(26-3)5-6-21(18)27-4/h5-6,11-14H,7-10,15H2,1-4H3,(H,23,28). The van der Waals surface area contributed by atoms with E-state index in [1.165, 1.54) is 11.1 Å². The lowest BCUT2D eigenvalue weighted by molar-refractivity contribution is 0.175. The summed E-state index contributed by atoms with van der Waals surface area (Å²) in [5, 5.41) is 4.19. The van der Waals surface area contributed by atoms with E-state index in [-0.39, 0.29) is 0 Å². The number of methoxy groups -OCH3 is 2. The van der Waals surface area contributed by atoms with E-state index >= 15 is 0 Å². The summed E-state index contributed by atoms with van der Waals surface area (Å²) in [7, 11) is 3.40. The number of rotatable bonds is 5. The first-order valence-corrected chi connectivity index (χ1v) is 9.97. The highest BCUT2D eigenvalue weighted by molar-refractivity contribution is 7.80. The molecule has 0 bridgehead atoms. The largest absolute Gasteiger partial charge is 0.497 e. The molecule has 1 N–H and O–H groups in total. The fraction of sp³-hybridized carbons (Fsp3) is 0.409. The summed E-state index contributed by atoms with van der Waals surface area (Å²) in [5.41, 5.74) is 4.68. The lowest BCUT2D eigenvalue weighted by Gasteiger charge is -2.36. The van der Waals surface area contributed by atoms with Crippen LogP contribution in [0.3, 0.4) is 0 Å². The second kappa shape index (κ2) is 9.26. The summed E-state index contributed by atoms with van der Waals surface area (Å²) in [4.78, 5) is 4.67. The Morgan fingerprint density at radius 1 is 0.964 bits per heavy atom. The molecule has 150 valence electrons. The summed E-state index contributed by atoms with van der Waals surface area (Å²) >= 11 is 5.64. The second-order valence-corrected chi connectivity index (χ2v) is 7.63. The fourth-order valence-corrected chi connectivity index (χ4v) is 3.91. The molecule has 1 aliphatic rings. The molecule has 1 heterocycles. The van der Waals surface area contributed by atoms with E-state index in [2.05, 4.69) is 53.2 Å². The van der Waals surface area contributed by atoms with Crippen LogP contribution in [0.2, 0.25) is 0 Å². The monoisotopic (exact) mass is 399 g/mol. The van der Waals surface area contributed by atoms with Crippen molar-refractivity contribution in [2.75, 3.05) is 45.7 Å². The van der Waals surface area contributed by atoms with Gasteiger partial charge in [-0.2, -0.15) is 0 Å². The third kappa shape index (κ3) is 5.14. The maximum Gasteiger partial charge on any atom is 0.173 e. The summed E-state index contributed by atoms with van der Waals surface area (Å²) in [6.07, 6.45) is 0. The highest BCUT2D eigenvalue weighted by atomic mass is 32.1. The third-order valence-corrected chi connectivity index (χ3v) is 5.37. The van der Waals surface area contributed by atoms with Gasteiger partial charge in [0.2, 0.25) is 0 Å². The summed E-state index contributed by atoms with van der Waals surface area (Å²) in [6.45, 7) is 8.76. The molecule has 0 amide bonds. The van der Waals surface area contributed by atoms with Crippen LogP contribution in [0.1, 0.15) is 16.7 Å². The van der Waals surface area contributed by atoms with Gasteiger partial charge in [-0.1, -0.05) is 6.07 Å². The first-order valence-electron chi connectivity index (χ1n) is 9.56. The number of hydrogen-bond acceptors (Lipinski definition) is 4. The van der Waals surface area contributed by atoms with Crippen LogP contribution in [0.5, 0.6) is 11.5 Å². The lowest BCUT2D eigenvalue weighted by Crippen LogP contribution is -2.49. The zero-order valence-electron chi connectivity index (χ0n) is 17.1. The highest BCUT2D eigenvalue weighted by Gasteiger charge is 2.20. The zero-order chi connectivity index (χ0) is 20.1. The summed E-state index contributed by atoms with van der Waals surface area (Å²) in [6, 6.07) is 12.4. The predicted molar refractivity (Wildman–Crippen MR) is 119 cm³/mol. The number of hydrogen-bond donors (Lipinski definition) is 1. The van der Waals surface area contributed by atoms with Crippen LogP contribution in [-0.4, -0.2) is 55.3 Å². The van der Waals surface area contributed by atoms with Gasteiger partial charge < -0.3 is 19.7 Å². The summed E-state index contributed by atoms with van der Waals surface area (Å²) in [5.74, 6) is 1.75. The van der Waals surface area contributed by atoms with E-state index in [0.717, 1.165) is 60.6 Å². The van der Waals surface area contributed by atoms with Crippen molar-refractivity contribution >= 4 is 23.0 Å². The van der Waals surface area contributed by atoms with Crippen molar-refractivity contribution in [2.45, 2.75) is 20.4 Å². The molecule has 0 radical (unpaired) electrons. The van der Waals surface area contributed by atoms with Crippen molar-refractivity contribution in [1.29, 1.82) is 0 Å². The number of nitrogens with zero attached hydrogens (tertiary/aromatic N) is 2. The predicted octanol–water partition coefficient (Wildman–Crippen LogP) is 3.84. The number of thiocarbonyl (C=S) groups is 1. The fourth-order valence-electron chi connectivity index (χ4n) is 3.60. The average Bonchev–Trinajstić information content (AvgIpc) is 2.67. The van der Waals surface area contributed by atoms with Gasteiger partial charge >= 0.3 is 0 Å². The van der Waals surface area contributed by atoms with Crippen LogP contribution in [0.4, 0.5) is 5.69 Å². The molecular weight excluding hydrogens is 370 g/mol. The first kappa shape index (κ1) is 20.4. The molecule has 0 aliphatic carbocycles. The van der Waals surface area contributed by atoms with E-state index in [4.69, 9.17) is 21.7 Å². The van der Waals surface area contributed by atoms with E-state index < -0.39 is 0 Å². The van der Waals surface area contributed by atoms with Crippen LogP contribution in [0.15, 0.2) is 36.4 Å². The van der Waals surface area contributed by atoms with Gasteiger partial charge in [0.25, 0.3) is 0 Å². The Labute approximate surface area is 173 Å². The molecular formula is C22H29N3O2S. The lowest BCUT2D eigenvalue weighted by atomic mass is 10.1. The molecule has 0 unspecified atom stereocenters. The molecule has 1 fully saturated rings. The molecule has 3 rings (SSSR count). The van der Waals surface area contributed by atoms with Gasteiger partial charge in [0, 0.05) is 44.0 Å². The minimum Gasteiger partial charge on any atom is -0.497 e. The normalized spacial score (nSPS) is 14.6. The maximum atomic E-state index is 5.64. The molecule has 2 aromatic rings. The van der Waals surface area contributed by atoms with E-state index in [9.17, 15) is 0 Å². The van der Waals surface area contributed by atoms with Crippen molar-refractivity contribution in [3.05, 3.63) is 53.1 Å². The van der Waals surface area contributed by atoms with Crippen LogP contribution in [0.25, 0.3) is 0 Å². The Morgan fingerprint density at radius 3 is 2.25 bits per heavy atom. The second-order valence-electron chi connectivity index (χ2n) is 7.25. The quantitative estimate of drug-likeness (QED) is 0.770. The molecule has 6 heteroatoms. The first-order chi connectivity index (χ1) is 13.5. The van der Waals surface area contributed by atoms with E-state index in [1.807, 2.05) is 12.1 Å². The summed E-state index contributed by atoms with van der Waals surface area (Å²) < 4.78 is 10.9. The van der Waals surface area contributed by atoms with Gasteiger partial charge in [-0.3, -0.25) is 4.90 Å². The van der Waals surface area contributed by atoms with Gasteiger partial charge in [-0.05, 0) is 67.5 Å². The van der Waals surface area contributed by atoms with Crippen molar-refractivity contribution in [3.63, 3.8) is 0 Å². The van der Waals surface area contributed by atoms with Gasteiger partial charge in [0.1, 0.15) is 11.5 Å². The van der Waals surface area contributed by atoms with Gasteiger partial charge in [-0.25, -0.2) is 0 Å². The van der Waals surface area contributed by atoms with Crippen molar-refractivity contribution in [3.8, 4) is 11.5 Å². The van der Waals surface area contributed by atoms with Crippen LogP contribution in [0, 0.1) is 13.8 Å². The number of ether oxygens (including phenoxy) is 2. The molecule has 2 aromatic carbocycles. The third-order valence-electron chi connectivity index (χ3n) is 5.01. The molecule has 28 heavy (non-hydrogen) atoms. The van der Waals surface area contributed by atoms with Crippen molar-refractivity contribution in [2.24, 2.45) is 0 Å². The molecule has 0 atom stereocenters. The molecule has 1 aliphatic heterocycles. The Balaban J connectivity index is 1.56. The molecule has 5 nitrogen and oxygen atoms in total. The van der Waals surface area contributed by atoms with Crippen LogP contribution < -0.4 is 14.8 Å². The van der Waals surface area contributed by atoms with E-state index in [0.29, 0.717) is 0 Å². The number of nitrogens with one attached hydrogen (secondary N) is 1. The zero-order valence-corrected chi connectivity index (χ0v) is 17.9. The average molecular weight is 400 g/mol. The Morgan fingerprint density at radius 2 is 1.64 bits per heavy atom. The minimum atomic E-state index is 0.795. The Hall–Kier alpha value is -2.31. The highest BCUT2D eigenvalue weighted by Crippen LogP contribution is 2.25. The van der Waals surface area contributed by atoms with Crippen molar-refractivity contribution < 1.29 is 9.47 Å². The van der Waals surface area contributed by atoms with Crippen LogP contribution in [-0.2, 0) is 6.54 Å².